The largest absolute Gasteiger partial charge is 0.399 e. The lowest BCUT2D eigenvalue weighted by molar-refractivity contribution is 0.636. The maximum atomic E-state index is 5.64. The van der Waals surface area contributed by atoms with Crippen LogP contribution in [0.5, 0.6) is 0 Å². The zero-order chi connectivity index (χ0) is 9.68. The Labute approximate surface area is 83.9 Å². The topological polar surface area (TPSA) is 38.9 Å². The Balaban J connectivity index is 2.45. The molecule has 0 aliphatic carbocycles. The quantitative estimate of drug-likeness (QED) is 0.753. The van der Waals surface area contributed by atoms with Gasteiger partial charge in [0.05, 0.1) is 5.03 Å². The van der Waals surface area contributed by atoms with Crippen LogP contribution in [0.1, 0.15) is 20.3 Å². The first-order valence-corrected chi connectivity index (χ1v) is 5.55. The monoisotopic (exact) mass is 196 g/mol. The number of nitrogens with zero attached hydrogens (tertiary/aromatic N) is 1. The lowest BCUT2D eigenvalue weighted by Crippen LogP contribution is -1.96. The number of hydrogen-bond donors (Lipinski definition) is 1. The maximum absolute atomic E-state index is 5.64. The second-order valence-electron chi connectivity index (χ2n) is 3.25. The number of thioether (sulfide) groups is 1. The highest BCUT2D eigenvalue weighted by Gasteiger charge is 2.01. The number of rotatable bonds is 4. The molecular weight excluding hydrogens is 180 g/mol. The van der Waals surface area contributed by atoms with E-state index >= 15 is 0 Å². The molecule has 1 heterocycles. The third-order valence-corrected chi connectivity index (χ3v) is 3.23. The molecule has 72 valence electrons. The summed E-state index contributed by atoms with van der Waals surface area (Å²) in [7, 11) is 0. The molecule has 0 amide bonds. The van der Waals surface area contributed by atoms with Crippen molar-refractivity contribution in [1.82, 2.24) is 4.98 Å². The molecule has 0 spiro atoms. The molecule has 1 aromatic rings. The molecule has 1 rings (SSSR count). The Bertz CT molecular complexity index is 263. The third-order valence-electron chi connectivity index (χ3n) is 1.97. The molecule has 0 bridgehead atoms. The third kappa shape index (κ3) is 3.68. The molecule has 0 fully saturated rings. The first kappa shape index (κ1) is 10.4. The summed E-state index contributed by atoms with van der Waals surface area (Å²) in [5.41, 5.74) is 6.44. The number of pyridine rings is 1. The van der Waals surface area contributed by atoms with Gasteiger partial charge in [0.1, 0.15) is 0 Å². The van der Waals surface area contributed by atoms with E-state index in [0.29, 0.717) is 0 Å². The van der Waals surface area contributed by atoms with Crippen molar-refractivity contribution in [2.24, 2.45) is 5.92 Å². The fourth-order valence-corrected chi connectivity index (χ4v) is 1.89. The van der Waals surface area contributed by atoms with Crippen molar-refractivity contribution in [2.45, 2.75) is 25.3 Å². The number of aromatic nitrogens is 1. The molecule has 0 radical (unpaired) electrons. The number of anilines is 1. The molecule has 2 nitrogen and oxygen atoms in total. The second kappa shape index (κ2) is 5.12. The van der Waals surface area contributed by atoms with E-state index in [1.165, 1.54) is 6.42 Å². The number of hydrogen-bond acceptors (Lipinski definition) is 3. The molecule has 0 aliphatic heterocycles. The molecule has 0 saturated heterocycles. The fraction of sp³-hybridized carbons (Fsp3) is 0.500. The van der Waals surface area contributed by atoms with Gasteiger partial charge in [-0.2, -0.15) is 0 Å². The van der Waals surface area contributed by atoms with Crippen molar-refractivity contribution in [2.75, 3.05) is 11.5 Å². The van der Waals surface area contributed by atoms with Crippen LogP contribution < -0.4 is 5.73 Å². The molecule has 2 N–H and O–H groups in total. The average molecular weight is 196 g/mol. The van der Waals surface area contributed by atoms with E-state index in [1.54, 1.807) is 18.0 Å². The Kier molecular flexibility index (Phi) is 4.09. The van der Waals surface area contributed by atoms with Crippen molar-refractivity contribution < 1.29 is 0 Å². The van der Waals surface area contributed by atoms with E-state index < -0.39 is 0 Å². The zero-order valence-electron chi connectivity index (χ0n) is 8.16. The van der Waals surface area contributed by atoms with Gasteiger partial charge in [0, 0.05) is 17.6 Å². The predicted octanol–water partition coefficient (Wildman–Crippen LogP) is 2.80. The Morgan fingerprint density at radius 3 is 3.00 bits per heavy atom. The van der Waals surface area contributed by atoms with Gasteiger partial charge in [-0.1, -0.05) is 20.3 Å². The molecule has 1 unspecified atom stereocenters. The number of nitrogens with two attached hydrogens (primary N) is 1. The van der Waals surface area contributed by atoms with E-state index in [2.05, 4.69) is 18.8 Å². The maximum Gasteiger partial charge on any atom is 0.0980 e. The first-order chi connectivity index (χ1) is 6.22. The summed E-state index contributed by atoms with van der Waals surface area (Å²) < 4.78 is 0. The zero-order valence-corrected chi connectivity index (χ0v) is 8.97. The summed E-state index contributed by atoms with van der Waals surface area (Å²) in [6.45, 7) is 4.46. The summed E-state index contributed by atoms with van der Waals surface area (Å²) in [6, 6.07) is 3.74. The number of nitrogen functional groups attached to an aromatic ring is 1. The van der Waals surface area contributed by atoms with Crippen LogP contribution >= 0.6 is 11.8 Å². The van der Waals surface area contributed by atoms with Crippen LogP contribution in [-0.2, 0) is 0 Å². The molecule has 1 atom stereocenters. The summed E-state index contributed by atoms with van der Waals surface area (Å²) >= 11 is 1.78. The summed E-state index contributed by atoms with van der Waals surface area (Å²) in [5.74, 6) is 1.86. The van der Waals surface area contributed by atoms with Gasteiger partial charge in [-0.25, -0.2) is 4.98 Å². The van der Waals surface area contributed by atoms with Crippen molar-refractivity contribution in [3.63, 3.8) is 0 Å². The first-order valence-electron chi connectivity index (χ1n) is 4.56. The van der Waals surface area contributed by atoms with E-state index in [0.717, 1.165) is 22.4 Å². The highest BCUT2D eigenvalue weighted by molar-refractivity contribution is 7.99. The van der Waals surface area contributed by atoms with Gasteiger partial charge < -0.3 is 5.73 Å². The van der Waals surface area contributed by atoms with E-state index in [4.69, 9.17) is 5.73 Å². The minimum atomic E-state index is 0.744. The fourth-order valence-electron chi connectivity index (χ4n) is 0.849. The normalized spacial score (nSPS) is 12.8. The Hall–Kier alpha value is -0.700. The summed E-state index contributed by atoms with van der Waals surface area (Å²) in [6.07, 6.45) is 2.98. The van der Waals surface area contributed by atoms with Gasteiger partial charge in [-0.05, 0) is 18.1 Å². The van der Waals surface area contributed by atoms with Gasteiger partial charge in [0.15, 0.2) is 0 Å². The lowest BCUT2D eigenvalue weighted by atomic mass is 10.2. The van der Waals surface area contributed by atoms with Crippen molar-refractivity contribution in [3.8, 4) is 0 Å². The van der Waals surface area contributed by atoms with Gasteiger partial charge >= 0.3 is 0 Å². The molecule has 3 heteroatoms. The molecule has 1 aromatic heterocycles. The minimum Gasteiger partial charge on any atom is -0.399 e. The van der Waals surface area contributed by atoms with Gasteiger partial charge in [-0.15, -0.1) is 11.8 Å². The highest BCUT2D eigenvalue weighted by atomic mass is 32.2. The van der Waals surface area contributed by atoms with Crippen LogP contribution in [0, 0.1) is 5.92 Å². The van der Waals surface area contributed by atoms with Gasteiger partial charge in [-0.3, -0.25) is 0 Å². The van der Waals surface area contributed by atoms with Gasteiger partial charge in [0.25, 0.3) is 0 Å². The highest BCUT2D eigenvalue weighted by Crippen LogP contribution is 2.20. The summed E-state index contributed by atoms with van der Waals surface area (Å²) in [5, 5.41) is 1.03. The van der Waals surface area contributed by atoms with Crippen LogP contribution in [0.2, 0.25) is 0 Å². The van der Waals surface area contributed by atoms with Gasteiger partial charge in [0.2, 0.25) is 0 Å². The van der Waals surface area contributed by atoms with Crippen LogP contribution in [0.25, 0.3) is 0 Å². The van der Waals surface area contributed by atoms with Crippen LogP contribution in [0.4, 0.5) is 5.69 Å². The van der Waals surface area contributed by atoms with Crippen LogP contribution in [0.15, 0.2) is 23.4 Å². The molecular formula is C10H16N2S. The molecule has 13 heavy (non-hydrogen) atoms. The van der Waals surface area contributed by atoms with E-state index in [-0.39, 0.29) is 0 Å². The van der Waals surface area contributed by atoms with Crippen molar-refractivity contribution in [1.29, 1.82) is 0 Å². The van der Waals surface area contributed by atoms with E-state index in [9.17, 15) is 0 Å². The predicted molar refractivity (Wildman–Crippen MR) is 58.8 cm³/mol. The van der Waals surface area contributed by atoms with Crippen molar-refractivity contribution in [3.05, 3.63) is 18.3 Å². The lowest BCUT2D eigenvalue weighted by Gasteiger charge is -2.06. The smallest absolute Gasteiger partial charge is 0.0980 e. The van der Waals surface area contributed by atoms with Crippen LogP contribution in [-0.4, -0.2) is 10.7 Å². The standard InChI is InChI=1S/C10H16N2S/c1-3-8(2)7-13-10-6-9(11)4-5-12-10/h4-6,8H,3,7H2,1-2H3,(H2,11,12). The summed E-state index contributed by atoms with van der Waals surface area (Å²) in [4.78, 5) is 4.23. The molecule has 0 aliphatic rings. The minimum absolute atomic E-state index is 0.744. The Morgan fingerprint density at radius 1 is 1.62 bits per heavy atom. The van der Waals surface area contributed by atoms with Crippen molar-refractivity contribution >= 4 is 17.4 Å². The Morgan fingerprint density at radius 2 is 2.38 bits per heavy atom. The molecule has 0 aromatic carbocycles. The average Bonchev–Trinajstić information content (AvgIpc) is 2.14. The van der Waals surface area contributed by atoms with Crippen LogP contribution in [0.3, 0.4) is 0 Å². The second-order valence-corrected chi connectivity index (χ2v) is 4.29. The molecule has 0 saturated carbocycles. The SMILES string of the molecule is CCC(C)CSc1cc(N)ccn1. The van der Waals surface area contributed by atoms with E-state index in [1.807, 2.05) is 12.1 Å².